The Kier molecular flexibility index (Phi) is 9.60. The number of amides is 1. The first-order valence-corrected chi connectivity index (χ1v) is 17.2. The van der Waals surface area contributed by atoms with E-state index < -0.39 is 17.7 Å². The lowest BCUT2D eigenvalue weighted by molar-refractivity contribution is -0.132. The minimum absolute atomic E-state index is 0.0133. The molecule has 238 valence electrons. The van der Waals surface area contributed by atoms with E-state index in [2.05, 4.69) is 17.1 Å². The van der Waals surface area contributed by atoms with Gasteiger partial charge in [-0.15, -0.1) is 10.2 Å². The highest BCUT2D eigenvalue weighted by Crippen LogP contribution is 2.46. The SMILES string of the molecule is CCCCOc1ccc([C@@H]2/C(=C(\O)c3ccc4c(c3)C[C@H](C)O4)C(=O)C(=O)N2c2nnc(SCc3ccccc3)s2)cc1OCC. The third-order valence-electron chi connectivity index (χ3n) is 7.76. The molecule has 2 aliphatic rings. The Morgan fingerprint density at radius 3 is 2.65 bits per heavy atom. The minimum atomic E-state index is -0.979. The van der Waals surface area contributed by atoms with Crippen molar-refractivity contribution in [3.8, 4) is 17.2 Å². The van der Waals surface area contributed by atoms with Crippen LogP contribution >= 0.6 is 23.1 Å². The van der Waals surface area contributed by atoms with Crippen LogP contribution in [-0.2, 0) is 21.8 Å². The zero-order chi connectivity index (χ0) is 32.2. The van der Waals surface area contributed by atoms with Crippen LogP contribution in [0.25, 0.3) is 5.76 Å². The summed E-state index contributed by atoms with van der Waals surface area (Å²) in [6, 6.07) is 19.7. The molecule has 0 bridgehead atoms. The number of rotatable bonds is 12. The molecule has 6 rings (SSSR count). The average molecular weight is 658 g/mol. The lowest BCUT2D eigenvalue weighted by Gasteiger charge is -2.23. The van der Waals surface area contributed by atoms with Gasteiger partial charge in [0.25, 0.3) is 5.78 Å². The van der Waals surface area contributed by atoms with Crippen LogP contribution in [0.15, 0.2) is 76.6 Å². The number of carbonyl (C=O) groups is 2. The molecule has 3 heterocycles. The fourth-order valence-electron chi connectivity index (χ4n) is 5.56. The quantitative estimate of drug-likeness (QED) is 0.0417. The van der Waals surface area contributed by atoms with E-state index in [-0.39, 0.29) is 22.6 Å². The number of anilines is 1. The van der Waals surface area contributed by atoms with E-state index in [0.29, 0.717) is 52.4 Å². The van der Waals surface area contributed by atoms with Gasteiger partial charge in [-0.1, -0.05) is 72.8 Å². The first-order chi connectivity index (χ1) is 22.4. The van der Waals surface area contributed by atoms with Gasteiger partial charge in [-0.05, 0) is 67.3 Å². The Morgan fingerprint density at radius 2 is 1.87 bits per heavy atom. The number of ether oxygens (including phenoxy) is 3. The first kappa shape index (κ1) is 31.6. The van der Waals surface area contributed by atoms with Crippen LogP contribution in [0, 0.1) is 0 Å². The number of aliphatic hydroxyl groups excluding tert-OH is 1. The molecule has 1 aromatic heterocycles. The van der Waals surface area contributed by atoms with E-state index in [1.807, 2.05) is 50.2 Å². The number of thioether (sulfide) groups is 1. The standard InChI is InChI=1S/C35H35N3O6S2/c1-4-6-16-43-27-15-12-23(19-28(27)42-5-2)30-29(31(39)24-13-14-26-25(18-24)17-21(3)44-26)32(40)33(41)38(30)34-36-37-35(46-34)45-20-22-10-8-7-9-11-22/h7-15,18-19,21,30,39H,4-6,16-17,20H2,1-3H3/b31-29+/t21-,30+/m0/s1. The van der Waals surface area contributed by atoms with Crippen molar-refractivity contribution in [1.82, 2.24) is 10.2 Å². The van der Waals surface area contributed by atoms with Gasteiger partial charge >= 0.3 is 5.91 Å². The number of hydrogen-bond acceptors (Lipinski definition) is 10. The van der Waals surface area contributed by atoms with Crippen LogP contribution in [0.2, 0.25) is 0 Å². The van der Waals surface area contributed by atoms with Crippen molar-refractivity contribution in [3.05, 3.63) is 94.6 Å². The molecule has 0 saturated carbocycles. The van der Waals surface area contributed by atoms with Crippen LogP contribution in [0.3, 0.4) is 0 Å². The molecule has 3 aromatic carbocycles. The second-order valence-electron chi connectivity index (χ2n) is 11.1. The summed E-state index contributed by atoms with van der Waals surface area (Å²) in [6.45, 7) is 6.87. The second-order valence-corrected chi connectivity index (χ2v) is 13.3. The number of benzene rings is 3. The zero-order valence-corrected chi connectivity index (χ0v) is 27.5. The molecule has 0 spiro atoms. The monoisotopic (exact) mass is 657 g/mol. The van der Waals surface area contributed by atoms with Crippen molar-refractivity contribution in [2.45, 2.75) is 62.3 Å². The van der Waals surface area contributed by atoms with Gasteiger partial charge in [-0.2, -0.15) is 0 Å². The van der Waals surface area contributed by atoms with E-state index in [1.54, 1.807) is 30.3 Å². The van der Waals surface area contributed by atoms with Gasteiger partial charge in [0.05, 0.1) is 24.8 Å². The molecule has 9 nitrogen and oxygen atoms in total. The summed E-state index contributed by atoms with van der Waals surface area (Å²) in [5, 5.41) is 20.7. The average Bonchev–Trinajstić information content (AvgIpc) is 3.75. The van der Waals surface area contributed by atoms with Gasteiger partial charge in [0.15, 0.2) is 15.8 Å². The molecule has 1 fully saturated rings. The van der Waals surface area contributed by atoms with E-state index in [4.69, 9.17) is 14.2 Å². The molecular formula is C35H35N3O6S2. The Labute approximate surface area is 276 Å². The van der Waals surface area contributed by atoms with E-state index in [9.17, 15) is 14.7 Å². The molecule has 4 aromatic rings. The summed E-state index contributed by atoms with van der Waals surface area (Å²) in [6.07, 6.45) is 2.57. The molecule has 1 amide bonds. The maximum absolute atomic E-state index is 13.8. The van der Waals surface area contributed by atoms with Gasteiger partial charge in [0.2, 0.25) is 5.13 Å². The van der Waals surface area contributed by atoms with Crippen molar-refractivity contribution in [2.75, 3.05) is 18.1 Å². The maximum atomic E-state index is 13.8. The van der Waals surface area contributed by atoms with Crippen molar-refractivity contribution in [2.24, 2.45) is 0 Å². The number of aliphatic hydroxyl groups is 1. The normalized spacial score (nSPS) is 18.5. The molecule has 0 aliphatic carbocycles. The highest BCUT2D eigenvalue weighted by molar-refractivity contribution is 8.00. The minimum Gasteiger partial charge on any atom is -0.507 e. The third kappa shape index (κ3) is 6.47. The Hall–Kier alpha value is -4.35. The fraction of sp³-hybridized carbons (Fsp3) is 0.314. The van der Waals surface area contributed by atoms with Crippen LogP contribution in [0.1, 0.15) is 61.9 Å². The van der Waals surface area contributed by atoms with Gasteiger partial charge in [0, 0.05) is 17.7 Å². The lowest BCUT2D eigenvalue weighted by atomic mass is 9.94. The topological polar surface area (TPSA) is 111 Å². The van der Waals surface area contributed by atoms with Gasteiger partial charge in [-0.3, -0.25) is 14.5 Å². The summed E-state index contributed by atoms with van der Waals surface area (Å²) >= 11 is 2.73. The smallest absolute Gasteiger partial charge is 0.301 e. The Bertz CT molecular complexity index is 1770. The zero-order valence-electron chi connectivity index (χ0n) is 25.9. The van der Waals surface area contributed by atoms with E-state index >= 15 is 0 Å². The largest absolute Gasteiger partial charge is 0.507 e. The second kappa shape index (κ2) is 14.0. The number of ketones is 1. The van der Waals surface area contributed by atoms with Gasteiger partial charge in [-0.25, -0.2) is 0 Å². The lowest BCUT2D eigenvalue weighted by Crippen LogP contribution is -2.29. The Balaban J connectivity index is 1.42. The molecule has 46 heavy (non-hydrogen) atoms. The molecule has 2 atom stereocenters. The van der Waals surface area contributed by atoms with Gasteiger partial charge < -0.3 is 19.3 Å². The van der Waals surface area contributed by atoms with Crippen molar-refractivity contribution in [1.29, 1.82) is 0 Å². The molecule has 1 N–H and O–H groups in total. The number of carbonyl (C=O) groups excluding carboxylic acids is 2. The van der Waals surface area contributed by atoms with Crippen LogP contribution < -0.4 is 19.1 Å². The predicted molar refractivity (Wildman–Crippen MR) is 179 cm³/mol. The number of fused-ring (bicyclic) bond motifs is 1. The Morgan fingerprint density at radius 1 is 1.04 bits per heavy atom. The third-order valence-corrected chi connectivity index (χ3v) is 9.89. The van der Waals surface area contributed by atoms with Crippen molar-refractivity contribution in [3.63, 3.8) is 0 Å². The highest BCUT2D eigenvalue weighted by atomic mass is 32.2. The number of unbranched alkanes of at least 4 members (excludes halogenated alkanes) is 1. The summed E-state index contributed by atoms with van der Waals surface area (Å²) in [5.74, 6) is 0.619. The predicted octanol–water partition coefficient (Wildman–Crippen LogP) is 7.36. The molecule has 0 unspecified atom stereocenters. The van der Waals surface area contributed by atoms with Crippen LogP contribution in [0.4, 0.5) is 5.13 Å². The van der Waals surface area contributed by atoms with Crippen LogP contribution in [0.5, 0.6) is 17.2 Å². The fourth-order valence-corrected chi connectivity index (χ4v) is 7.38. The molecular weight excluding hydrogens is 623 g/mol. The van der Waals surface area contributed by atoms with Gasteiger partial charge in [0.1, 0.15) is 17.6 Å². The van der Waals surface area contributed by atoms with Crippen LogP contribution in [-0.4, -0.2) is 46.3 Å². The molecule has 0 radical (unpaired) electrons. The summed E-state index contributed by atoms with van der Waals surface area (Å²) in [4.78, 5) is 28.9. The highest BCUT2D eigenvalue weighted by Gasteiger charge is 2.48. The summed E-state index contributed by atoms with van der Waals surface area (Å²) in [5.41, 5.74) is 3.02. The number of hydrogen-bond donors (Lipinski definition) is 1. The molecule has 11 heteroatoms. The summed E-state index contributed by atoms with van der Waals surface area (Å²) < 4.78 is 18.4. The number of nitrogens with zero attached hydrogens (tertiary/aromatic N) is 3. The van der Waals surface area contributed by atoms with Crippen molar-refractivity contribution < 1.29 is 28.9 Å². The number of Topliss-reactive ketones (excluding diaryl/α,β-unsaturated/α-hetero) is 1. The first-order valence-electron chi connectivity index (χ1n) is 15.4. The van der Waals surface area contributed by atoms with E-state index in [0.717, 1.165) is 29.7 Å². The summed E-state index contributed by atoms with van der Waals surface area (Å²) in [7, 11) is 0. The molecule has 1 saturated heterocycles. The maximum Gasteiger partial charge on any atom is 0.301 e. The van der Waals surface area contributed by atoms with Crippen molar-refractivity contribution >= 4 is 45.7 Å². The molecule has 2 aliphatic heterocycles. The number of aromatic nitrogens is 2. The van der Waals surface area contributed by atoms with E-state index in [1.165, 1.54) is 28.0 Å².